The van der Waals surface area contributed by atoms with Crippen molar-refractivity contribution < 1.29 is 9.59 Å². The molecule has 0 unspecified atom stereocenters. The van der Waals surface area contributed by atoms with Crippen molar-refractivity contribution in [1.29, 1.82) is 0 Å². The van der Waals surface area contributed by atoms with E-state index < -0.39 is 6.04 Å². The zero-order valence-corrected chi connectivity index (χ0v) is 20.6. The van der Waals surface area contributed by atoms with Crippen LogP contribution < -0.4 is 5.32 Å². The van der Waals surface area contributed by atoms with Gasteiger partial charge in [0.05, 0.1) is 0 Å². The van der Waals surface area contributed by atoms with Crippen LogP contribution in [0.2, 0.25) is 10.0 Å². The number of nitrogens with zero attached hydrogens (tertiary/aromatic N) is 1. The Morgan fingerprint density at radius 2 is 1.74 bits per heavy atom. The maximum atomic E-state index is 13.1. The number of benzene rings is 2. The number of carbonyl (C=O) groups is 2. The summed E-state index contributed by atoms with van der Waals surface area (Å²) in [6.07, 6.45) is 1.10. The fraction of sp³-hybridized carbons (Fsp3) is 0.417. The molecule has 2 amide bonds. The van der Waals surface area contributed by atoms with Gasteiger partial charge in [-0.25, -0.2) is 0 Å². The molecule has 0 aliphatic carbocycles. The highest BCUT2D eigenvalue weighted by Gasteiger charge is 2.25. The molecule has 0 spiro atoms. The Kier molecular flexibility index (Phi) is 10.7. The summed E-state index contributed by atoms with van der Waals surface area (Å²) in [5.74, 6) is 0.980. The maximum Gasteiger partial charge on any atom is 0.242 e. The summed E-state index contributed by atoms with van der Waals surface area (Å²) in [5.41, 5.74) is 0.903. The van der Waals surface area contributed by atoms with Gasteiger partial charge in [-0.15, -0.1) is 11.8 Å². The van der Waals surface area contributed by atoms with Gasteiger partial charge in [-0.05, 0) is 67.0 Å². The molecule has 4 nitrogen and oxygen atoms in total. The average Bonchev–Trinajstić information content (AvgIpc) is 2.74. The first-order valence-corrected chi connectivity index (χ1v) is 12.2. The van der Waals surface area contributed by atoms with Gasteiger partial charge >= 0.3 is 0 Å². The number of hydrogen-bond acceptors (Lipinski definition) is 3. The number of amides is 2. The lowest BCUT2D eigenvalue weighted by Crippen LogP contribution is -2.48. The molecule has 0 aromatic heterocycles. The van der Waals surface area contributed by atoms with E-state index in [9.17, 15) is 9.59 Å². The van der Waals surface area contributed by atoms with Crippen LogP contribution >= 0.6 is 35.0 Å². The standard InChI is InChI=1S/C24H30Cl2N2O2S/c1-17(2)15-27-24(30)18(3)28(16-19-6-4-7-21(26)14-19)23(29)8-5-13-31-22-11-9-20(25)10-12-22/h4,6-7,9-12,14,17-18H,5,8,13,15-16H2,1-3H3,(H,27,30)/t18-/m0/s1. The Bertz CT molecular complexity index is 859. The third-order valence-electron chi connectivity index (χ3n) is 4.71. The second-order valence-corrected chi connectivity index (χ2v) is 9.91. The highest BCUT2D eigenvalue weighted by molar-refractivity contribution is 7.99. The lowest BCUT2D eigenvalue weighted by Gasteiger charge is -2.29. The molecule has 31 heavy (non-hydrogen) atoms. The molecule has 7 heteroatoms. The highest BCUT2D eigenvalue weighted by Crippen LogP contribution is 2.22. The third-order valence-corrected chi connectivity index (χ3v) is 6.30. The Labute approximate surface area is 199 Å². The van der Waals surface area contributed by atoms with Crippen LogP contribution in [0.25, 0.3) is 0 Å². The summed E-state index contributed by atoms with van der Waals surface area (Å²) in [6, 6.07) is 14.5. The van der Waals surface area contributed by atoms with E-state index in [1.165, 1.54) is 0 Å². The first-order chi connectivity index (χ1) is 14.8. The fourth-order valence-corrected chi connectivity index (χ4v) is 4.15. The number of nitrogens with one attached hydrogen (secondary N) is 1. The van der Waals surface area contributed by atoms with E-state index in [0.29, 0.717) is 35.5 Å². The van der Waals surface area contributed by atoms with Gasteiger partial charge < -0.3 is 10.2 Å². The van der Waals surface area contributed by atoms with E-state index in [2.05, 4.69) is 5.32 Å². The monoisotopic (exact) mass is 480 g/mol. The molecule has 0 aliphatic rings. The van der Waals surface area contributed by atoms with Gasteiger partial charge in [0.1, 0.15) is 6.04 Å². The van der Waals surface area contributed by atoms with Crippen molar-refractivity contribution in [2.45, 2.75) is 51.1 Å². The second kappa shape index (κ2) is 13.0. The molecule has 2 aromatic carbocycles. The van der Waals surface area contributed by atoms with Crippen molar-refractivity contribution in [3.63, 3.8) is 0 Å². The molecule has 0 bridgehead atoms. The topological polar surface area (TPSA) is 49.4 Å². The van der Waals surface area contributed by atoms with E-state index in [-0.39, 0.29) is 11.8 Å². The zero-order valence-electron chi connectivity index (χ0n) is 18.2. The summed E-state index contributed by atoms with van der Waals surface area (Å²) < 4.78 is 0. The van der Waals surface area contributed by atoms with Crippen LogP contribution in [0, 0.1) is 5.92 Å². The summed E-state index contributed by atoms with van der Waals surface area (Å²) in [4.78, 5) is 28.5. The highest BCUT2D eigenvalue weighted by atomic mass is 35.5. The van der Waals surface area contributed by atoms with E-state index in [0.717, 1.165) is 22.6 Å². The quantitative estimate of drug-likeness (QED) is 0.314. The minimum atomic E-state index is -0.561. The molecule has 0 saturated heterocycles. The smallest absolute Gasteiger partial charge is 0.242 e. The van der Waals surface area contributed by atoms with Crippen molar-refractivity contribution in [2.75, 3.05) is 12.3 Å². The first kappa shape index (κ1) is 25.6. The first-order valence-electron chi connectivity index (χ1n) is 10.5. The molecule has 0 aliphatic heterocycles. The largest absolute Gasteiger partial charge is 0.354 e. The Hall–Kier alpha value is -1.69. The van der Waals surface area contributed by atoms with E-state index in [4.69, 9.17) is 23.2 Å². The van der Waals surface area contributed by atoms with Gasteiger partial charge in [-0.2, -0.15) is 0 Å². The zero-order chi connectivity index (χ0) is 22.8. The molecular weight excluding hydrogens is 451 g/mol. The summed E-state index contributed by atoms with van der Waals surface area (Å²) in [6.45, 7) is 6.79. The van der Waals surface area contributed by atoms with Crippen molar-refractivity contribution >= 4 is 46.8 Å². The minimum Gasteiger partial charge on any atom is -0.354 e. The van der Waals surface area contributed by atoms with Gasteiger partial charge in [0.25, 0.3) is 0 Å². The second-order valence-electron chi connectivity index (χ2n) is 7.87. The van der Waals surface area contributed by atoms with Crippen molar-refractivity contribution in [1.82, 2.24) is 10.2 Å². The third kappa shape index (κ3) is 9.14. The molecule has 0 fully saturated rings. The molecule has 0 radical (unpaired) electrons. The van der Waals surface area contributed by atoms with Crippen LogP contribution in [0.15, 0.2) is 53.4 Å². The van der Waals surface area contributed by atoms with Crippen LogP contribution in [-0.4, -0.2) is 35.1 Å². The van der Waals surface area contributed by atoms with E-state index >= 15 is 0 Å². The molecule has 168 valence electrons. The number of rotatable bonds is 11. The molecule has 0 heterocycles. The number of halogens is 2. The van der Waals surface area contributed by atoms with Crippen molar-refractivity contribution in [3.05, 3.63) is 64.1 Å². The molecule has 2 rings (SSSR count). The lowest BCUT2D eigenvalue weighted by atomic mass is 10.1. The molecule has 0 saturated carbocycles. The lowest BCUT2D eigenvalue weighted by molar-refractivity contribution is -0.140. The van der Waals surface area contributed by atoms with Crippen LogP contribution in [0.3, 0.4) is 0 Å². The Morgan fingerprint density at radius 1 is 1.03 bits per heavy atom. The van der Waals surface area contributed by atoms with E-state index in [1.54, 1.807) is 29.7 Å². The normalized spacial score (nSPS) is 11.9. The van der Waals surface area contributed by atoms with Crippen LogP contribution in [0.5, 0.6) is 0 Å². The molecular formula is C24H30Cl2N2O2S. The van der Waals surface area contributed by atoms with Gasteiger partial charge in [-0.1, -0.05) is 49.2 Å². The predicted octanol–water partition coefficient (Wildman–Crippen LogP) is 6.06. The van der Waals surface area contributed by atoms with Crippen LogP contribution in [0.1, 0.15) is 39.2 Å². The van der Waals surface area contributed by atoms with Gasteiger partial charge in [0.2, 0.25) is 11.8 Å². The molecule has 1 N–H and O–H groups in total. The minimum absolute atomic E-state index is 0.0381. The predicted molar refractivity (Wildman–Crippen MR) is 131 cm³/mol. The Morgan fingerprint density at radius 3 is 2.39 bits per heavy atom. The van der Waals surface area contributed by atoms with E-state index in [1.807, 2.05) is 56.3 Å². The van der Waals surface area contributed by atoms with Crippen molar-refractivity contribution in [2.24, 2.45) is 5.92 Å². The molecule has 1 atom stereocenters. The summed E-state index contributed by atoms with van der Waals surface area (Å²) in [7, 11) is 0. The molecule has 2 aromatic rings. The fourth-order valence-electron chi connectivity index (χ4n) is 2.95. The van der Waals surface area contributed by atoms with Gasteiger partial charge in [-0.3, -0.25) is 9.59 Å². The number of carbonyl (C=O) groups excluding carboxylic acids is 2. The van der Waals surface area contributed by atoms with Crippen molar-refractivity contribution in [3.8, 4) is 0 Å². The number of hydrogen-bond donors (Lipinski definition) is 1. The van der Waals surface area contributed by atoms with Crippen LogP contribution in [-0.2, 0) is 16.1 Å². The Balaban J connectivity index is 1.98. The van der Waals surface area contributed by atoms with Crippen LogP contribution in [0.4, 0.5) is 0 Å². The number of thioether (sulfide) groups is 1. The SMILES string of the molecule is CC(C)CNC(=O)[C@H](C)N(Cc1cccc(Cl)c1)C(=O)CCCSc1ccc(Cl)cc1. The van der Waals surface area contributed by atoms with Gasteiger partial charge in [0, 0.05) is 34.5 Å². The summed E-state index contributed by atoms with van der Waals surface area (Å²) in [5, 5.41) is 4.26. The van der Waals surface area contributed by atoms with Gasteiger partial charge in [0.15, 0.2) is 0 Å². The summed E-state index contributed by atoms with van der Waals surface area (Å²) >= 11 is 13.7. The maximum absolute atomic E-state index is 13.1. The average molecular weight is 481 g/mol.